The second kappa shape index (κ2) is 10.5. The topological polar surface area (TPSA) is 106 Å². The molecule has 2 aliphatic rings. The SMILES string of the molecule is COc1ccc([C@@H]2/C(=C(\O)c3c(C)nc4c(C)cccn34)C(=O)C(=O)N2CCN2CCOCC2)cc1OC. The number of ketones is 1. The minimum Gasteiger partial charge on any atom is -0.505 e. The second-order valence-electron chi connectivity index (χ2n) is 9.49. The van der Waals surface area contributed by atoms with E-state index in [0.29, 0.717) is 60.4 Å². The summed E-state index contributed by atoms with van der Waals surface area (Å²) in [6.45, 7) is 7.37. The van der Waals surface area contributed by atoms with Crippen molar-refractivity contribution in [3.8, 4) is 11.5 Å². The zero-order chi connectivity index (χ0) is 27.0. The number of aliphatic hydroxyl groups excluding tert-OH is 1. The third-order valence-corrected chi connectivity index (χ3v) is 7.27. The van der Waals surface area contributed by atoms with Crippen molar-refractivity contribution >= 4 is 23.1 Å². The van der Waals surface area contributed by atoms with E-state index in [1.165, 1.54) is 12.0 Å². The number of aliphatic hydroxyl groups is 1. The summed E-state index contributed by atoms with van der Waals surface area (Å²) in [6, 6.07) is 8.24. The van der Waals surface area contributed by atoms with E-state index in [1.807, 2.05) is 19.1 Å². The van der Waals surface area contributed by atoms with Gasteiger partial charge in [-0.15, -0.1) is 0 Å². The summed E-state index contributed by atoms with van der Waals surface area (Å²) in [5.74, 6) is -0.652. The molecule has 0 saturated carbocycles. The van der Waals surface area contributed by atoms with Gasteiger partial charge < -0.3 is 24.2 Å². The van der Waals surface area contributed by atoms with Crippen molar-refractivity contribution in [3.05, 3.63) is 64.6 Å². The number of pyridine rings is 1. The Morgan fingerprint density at radius 1 is 1.08 bits per heavy atom. The number of hydrogen-bond donors (Lipinski definition) is 1. The fourth-order valence-electron chi connectivity index (χ4n) is 5.28. The molecule has 10 heteroatoms. The summed E-state index contributed by atoms with van der Waals surface area (Å²) in [7, 11) is 3.07. The lowest BCUT2D eigenvalue weighted by atomic mass is 9.96. The van der Waals surface area contributed by atoms with Crippen LogP contribution >= 0.6 is 0 Å². The molecule has 0 aliphatic carbocycles. The molecule has 2 fully saturated rings. The molecule has 200 valence electrons. The number of nitrogens with zero attached hydrogens (tertiary/aromatic N) is 4. The number of likely N-dealkylation sites (tertiary alicyclic amines) is 1. The van der Waals surface area contributed by atoms with E-state index in [1.54, 1.807) is 42.8 Å². The number of ether oxygens (including phenoxy) is 3. The maximum atomic E-state index is 13.6. The number of benzene rings is 1. The van der Waals surface area contributed by atoms with Crippen LogP contribution in [0, 0.1) is 13.8 Å². The number of hydrogen-bond acceptors (Lipinski definition) is 8. The predicted octanol–water partition coefficient (Wildman–Crippen LogP) is 2.72. The van der Waals surface area contributed by atoms with Crippen LogP contribution in [0.25, 0.3) is 11.4 Å². The van der Waals surface area contributed by atoms with Gasteiger partial charge in [0, 0.05) is 32.4 Å². The molecule has 10 nitrogen and oxygen atoms in total. The molecule has 4 heterocycles. The van der Waals surface area contributed by atoms with Crippen LogP contribution in [0.4, 0.5) is 0 Å². The van der Waals surface area contributed by atoms with E-state index in [0.717, 1.165) is 18.7 Å². The number of amides is 1. The Balaban J connectivity index is 1.65. The Labute approximate surface area is 221 Å². The molecule has 1 N–H and O–H groups in total. The van der Waals surface area contributed by atoms with E-state index in [2.05, 4.69) is 9.88 Å². The maximum Gasteiger partial charge on any atom is 0.295 e. The molecule has 0 radical (unpaired) electrons. The predicted molar refractivity (Wildman–Crippen MR) is 140 cm³/mol. The number of morpholine rings is 1. The number of Topliss-reactive ketones (excluding diaryl/α,β-unsaturated/α-hetero) is 1. The van der Waals surface area contributed by atoms with Crippen LogP contribution in [0.3, 0.4) is 0 Å². The molecule has 0 spiro atoms. The van der Waals surface area contributed by atoms with Crippen LogP contribution in [-0.2, 0) is 14.3 Å². The molecule has 2 saturated heterocycles. The van der Waals surface area contributed by atoms with Crippen LogP contribution in [0.2, 0.25) is 0 Å². The summed E-state index contributed by atoms with van der Waals surface area (Å²) in [4.78, 5) is 35.3. The van der Waals surface area contributed by atoms with Gasteiger partial charge in [0.05, 0.1) is 44.7 Å². The smallest absolute Gasteiger partial charge is 0.295 e. The number of aryl methyl sites for hydroxylation is 2. The largest absolute Gasteiger partial charge is 0.505 e. The van der Waals surface area contributed by atoms with Crippen LogP contribution < -0.4 is 9.47 Å². The second-order valence-corrected chi connectivity index (χ2v) is 9.49. The average molecular weight is 521 g/mol. The van der Waals surface area contributed by atoms with E-state index in [4.69, 9.17) is 14.2 Å². The van der Waals surface area contributed by atoms with E-state index in [9.17, 15) is 14.7 Å². The fourth-order valence-corrected chi connectivity index (χ4v) is 5.28. The molecule has 1 atom stereocenters. The molecule has 1 aromatic carbocycles. The first-order valence-electron chi connectivity index (χ1n) is 12.6. The first kappa shape index (κ1) is 25.7. The summed E-state index contributed by atoms with van der Waals surface area (Å²) < 4.78 is 18.1. The Morgan fingerprint density at radius 2 is 1.82 bits per heavy atom. The van der Waals surface area contributed by atoms with Crippen molar-refractivity contribution in [2.75, 3.05) is 53.6 Å². The third kappa shape index (κ3) is 4.39. The van der Waals surface area contributed by atoms with Crippen LogP contribution in [0.1, 0.15) is 28.6 Å². The van der Waals surface area contributed by atoms with Crippen molar-refractivity contribution in [1.82, 2.24) is 19.2 Å². The monoisotopic (exact) mass is 520 g/mol. The number of aromatic nitrogens is 2. The lowest BCUT2D eigenvalue weighted by molar-refractivity contribution is -0.140. The van der Waals surface area contributed by atoms with Gasteiger partial charge in [0.15, 0.2) is 17.3 Å². The van der Waals surface area contributed by atoms with Gasteiger partial charge in [-0.25, -0.2) is 4.98 Å². The molecule has 3 aromatic rings. The molecule has 2 aromatic heterocycles. The fraction of sp³-hybridized carbons (Fsp3) is 0.393. The highest BCUT2D eigenvalue weighted by Crippen LogP contribution is 2.42. The van der Waals surface area contributed by atoms with E-state index >= 15 is 0 Å². The van der Waals surface area contributed by atoms with Gasteiger partial charge in [-0.3, -0.25) is 18.9 Å². The van der Waals surface area contributed by atoms with Crippen molar-refractivity contribution in [2.24, 2.45) is 0 Å². The van der Waals surface area contributed by atoms with Gasteiger partial charge in [-0.2, -0.15) is 0 Å². The molecular weight excluding hydrogens is 488 g/mol. The highest BCUT2D eigenvalue weighted by atomic mass is 16.5. The van der Waals surface area contributed by atoms with Gasteiger partial charge in [-0.1, -0.05) is 12.1 Å². The molecule has 2 aliphatic heterocycles. The van der Waals surface area contributed by atoms with Gasteiger partial charge in [0.1, 0.15) is 11.3 Å². The standard InChI is InChI=1S/C28H32N4O6/c1-17-6-5-9-31-23(18(2)29-27(17)31)25(33)22-24(19-7-8-20(36-3)21(16-19)37-4)32(28(35)26(22)34)11-10-30-12-14-38-15-13-30/h5-9,16,24,33H,10-15H2,1-4H3/b25-22+/t24-/m1/s1. The minimum atomic E-state index is -0.814. The van der Waals surface area contributed by atoms with Crippen LogP contribution in [0.5, 0.6) is 11.5 Å². The molecular formula is C28H32N4O6. The summed E-state index contributed by atoms with van der Waals surface area (Å²) in [5.41, 5.74) is 3.21. The van der Waals surface area contributed by atoms with Gasteiger partial charge in [0.25, 0.3) is 11.7 Å². The lowest BCUT2D eigenvalue weighted by Gasteiger charge is -2.31. The number of carbonyl (C=O) groups is 2. The quantitative estimate of drug-likeness (QED) is 0.288. The molecule has 0 bridgehead atoms. The van der Waals surface area contributed by atoms with Gasteiger partial charge in [0.2, 0.25) is 0 Å². The molecule has 5 rings (SSSR count). The highest BCUT2D eigenvalue weighted by molar-refractivity contribution is 6.46. The normalized spacial score (nSPS) is 19.9. The molecule has 38 heavy (non-hydrogen) atoms. The highest BCUT2D eigenvalue weighted by Gasteiger charge is 2.46. The van der Waals surface area contributed by atoms with Crippen molar-refractivity contribution < 1.29 is 28.9 Å². The molecule has 1 amide bonds. The Kier molecular flexibility index (Phi) is 7.09. The summed E-state index contributed by atoms with van der Waals surface area (Å²) >= 11 is 0. The Bertz CT molecular complexity index is 1420. The first-order valence-corrected chi connectivity index (χ1v) is 12.6. The van der Waals surface area contributed by atoms with Crippen molar-refractivity contribution in [1.29, 1.82) is 0 Å². The number of fused-ring (bicyclic) bond motifs is 1. The average Bonchev–Trinajstić information content (AvgIpc) is 3.41. The zero-order valence-electron chi connectivity index (χ0n) is 22.1. The third-order valence-electron chi connectivity index (χ3n) is 7.27. The first-order chi connectivity index (χ1) is 18.3. The lowest BCUT2D eigenvalue weighted by Crippen LogP contribution is -2.42. The Morgan fingerprint density at radius 3 is 2.53 bits per heavy atom. The van der Waals surface area contributed by atoms with Gasteiger partial charge >= 0.3 is 0 Å². The number of carbonyl (C=O) groups excluding carboxylic acids is 2. The maximum absolute atomic E-state index is 13.6. The Hall–Kier alpha value is -3.89. The van der Waals surface area contributed by atoms with Crippen molar-refractivity contribution in [3.63, 3.8) is 0 Å². The number of imidazole rings is 1. The van der Waals surface area contributed by atoms with E-state index in [-0.39, 0.29) is 11.3 Å². The number of rotatable bonds is 7. The number of methoxy groups -OCH3 is 2. The van der Waals surface area contributed by atoms with E-state index < -0.39 is 17.7 Å². The van der Waals surface area contributed by atoms with Crippen molar-refractivity contribution in [2.45, 2.75) is 19.9 Å². The minimum absolute atomic E-state index is 0.0237. The van der Waals surface area contributed by atoms with Crippen LogP contribution in [0.15, 0.2) is 42.1 Å². The molecule has 0 unspecified atom stereocenters. The summed E-state index contributed by atoms with van der Waals surface area (Å²) in [5, 5.41) is 11.7. The zero-order valence-corrected chi connectivity index (χ0v) is 22.1. The summed E-state index contributed by atoms with van der Waals surface area (Å²) in [6.07, 6.45) is 1.79. The van der Waals surface area contributed by atoms with Gasteiger partial charge in [-0.05, 0) is 43.2 Å². The van der Waals surface area contributed by atoms with Crippen LogP contribution in [-0.4, -0.2) is 89.6 Å².